The molecule has 2 rings (SSSR count). The molecule has 0 saturated carbocycles. The van der Waals surface area contributed by atoms with Crippen LogP contribution in [0.15, 0.2) is 18.2 Å². The summed E-state index contributed by atoms with van der Waals surface area (Å²) < 4.78 is 14.0. The lowest BCUT2D eigenvalue weighted by Gasteiger charge is -2.36. The molecule has 1 aromatic rings. The van der Waals surface area contributed by atoms with Gasteiger partial charge in [0.15, 0.2) is 0 Å². The first kappa shape index (κ1) is 13.3. The molecule has 0 aromatic heterocycles. The quantitative estimate of drug-likeness (QED) is 0.848. The summed E-state index contributed by atoms with van der Waals surface area (Å²) in [5, 5.41) is 19.1. The summed E-state index contributed by atoms with van der Waals surface area (Å²) in [5.41, 5.74) is 1.14. The van der Waals surface area contributed by atoms with Gasteiger partial charge < -0.3 is 15.1 Å². The minimum Gasteiger partial charge on any atom is -0.393 e. The van der Waals surface area contributed by atoms with Crippen molar-refractivity contribution in [3.8, 4) is 0 Å². The predicted molar refractivity (Wildman–Crippen MR) is 69.0 cm³/mol. The maximum atomic E-state index is 14.0. The Morgan fingerprint density at radius 1 is 1.44 bits per heavy atom. The van der Waals surface area contributed by atoms with Gasteiger partial charge in [-0.25, -0.2) is 4.39 Å². The molecule has 3 atom stereocenters. The van der Waals surface area contributed by atoms with E-state index in [9.17, 15) is 14.6 Å². The van der Waals surface area contributed by atoms with Crippen molar-refractivity contribution >= 4 is 5.69 Å². The molecule has 1 aromatic carbocycles. The third-order valence-corrected chi connectivity index (χ3v) is 3.65. The van der Waals surface area contributed by atoms with Gasteiger partial charge in [-0.1, -0.05) is 13.0 Å². The fourth-order valence-electron chi connectivity index (χ4n) is 2.39. The average molecular weight is 253 g/mol. The molecule has 2 N–H and O–H groups in total. The SMILES string of the molecule is CC(O)c1ccc(N2CCC(O)C(C)C2)c(F)c1. The molecule has 100 valence electrons. The van der Waals surface area contributed by atoms with E-state index >= 15 is 0 Å². The van der Waals surface area contributed by atoms with Crippen LogP contribution >= 0.6 is 0 Å². The highest BCUT2D eigenvalue weighted by atomic mass is 19.1. The second-order valence-corrected chi connectivity index (χ2v) is 5.17. The van der Waals surface area contributed by atoms with Crippen LogP contribution in [0.3, 0.4) is 0 Å². The van der Waals surface area contributed by atoms with Crippen LogP contribution in [0.4, 0.5) is 10.1 Å². The lowest BCUT2D eigenvalue weighted by Crippen LogP contribution is -2.42. The molecule has 4 heteroatoms. The molecular weight excluding hydrogens is 233 g/mol. The van der Waals surface area contributed by atoms with Crippen LogP contribution in [0.25, 0.3) is 0 Å². The maximum absolute atomic E-state index is 14.0. The predicted octanol–water partition coefficient (Wildman–Crippen LogP) is 2.09. The van der Waals surface area contributed by atoms with Gasteiger partial charge in [0.1, 0.15) is 5.82 Å². The number of benzene rings is 1. The lowest BCUT2D eigenvalue weighted by atomic mass is 9.96. The third-order valence-electron chi connectivity index (χ3n) is 3.65. The van der Waals surface area contributed by atoms with E-state index < -0.39 is 6.10 Å². The first-order valence-electron chi connectivity index (χ1n) is 6.39. The highest BCUT2D eigenvalue weighted by Crippen LogP contribution is 2.27. The standard InChI is InChI=1S/C14H20FNO2/c1-9-8-16(6-5-14(9)18)13-4-3-11(10(2)17)7-12(13)15/h3-4,7,9-10,14,17-18H,5-6,8H2,1-2H3. The topological polar surface area (TPSA) is 43.7 Å². The molecular formula is C14H20FNO2. The molecule has 18 heavy (non-hydrogen) atoms. The highest BCUT2D eigenvalue weighted by Gasteiger charge is 2.25. The third kappa shape index (κ3) is 2.65. The Morgan fingerprint density at radius 3 is 2.72 bits per heavy atom. The zero-order valence-electron chi connectivity index (χ0n) is 10.8. The Labute approximate surface area is 107 Å². The van der Waals surface area contributed by atoms with Gasteiger partial charge in [-0.3, -0.25) is 0 Å². The Balaban J connectivity index is 2.19. The molecule has 0 amide bonds. The van der Waals surface area contributed by atoms with Crippen molar-refractivity contribution in [3.63, 3.8) is 0 Å². The van der Waals surface area contributed by atoms with Crippen molar-refractivity contribution in [2.45, 2.75) is 32.5 Å². The molecule has 3 nitrogen and oxygen atoms in total. The van der Waals surface area contributed by atoms with E-state index in [0.717, 1.165) is 0 Å². The monoisotopic (exact) mass is 253 g/mol. The van der Waals surface area contributed by atoms with Crippen LogP contribution in [0.1, 0.15) is 31.9 Å². The Hall–Kier alpha value is -1.13. The molecule has 0 radical (unpaired) electrons. The van der Waals surface area contributed by atoms with E-state index in [2.05, 4.69) is 0 Å². The lowest BCUT2D eigenvalue weighted by molar-refractivity contribution is 0.0969. The molecule has 3 unspecified atom stereocenters. The van der Waals surface area contributed by atoms with Crippen molar-refractivity contribution in [1.82, 2.24) is 0 Å². The number of aliphatic hydroxyl groups is 2. The number of hydrogen-bond acceptors (Lipinski definition) is 3. The van der Waals surface area contributed by atoms with Crippen LogP contribution in [0.2, 0.25) is 0 Å². The fraction of sp³-hybridized carbons (Fsp3) is 0.571. The first-order chi connectivity index (χ1) is 8.49. The van der Waals surface area contributed by atoms with Gasteiger partial charge in [-0.15, -0.1) is 0 Å². The van der Waals surface area contributed by atoms with E-state index in [1.165, 1.54) is 6.07 Å². The van der Waals surface area contributed by atoms with Crippen LogP contribution in [0, 0.1) is 11.7 Å². The smallest absolute Gasteiger partial charge is 0.146 e. The number of aliphatic hydroxyl groups excluding tert-OH is 2. The second-order valence-electron chi connectivity index (χ2n) is 5.17. The highest BCUT2D eigenvalue weighted by molar-refractivity contribution is 5.50. The Kier molecular flexibility index (Phi) is 3.88. The molecule has 0 bridgehead atoms. The van der Waals surface area contributed by atoms with Crippen molar-refractivity contribution < 1.29 is 14.6 Å². The van der Waals surface area contributed by atoms with Crippen LogP contribution < -0.4 is 4.90 Å². The molecule has 1 fully saturated rings. The van der Waals surface area contributed by atoms with Gasteiger partial charge in [0, 0.05) is 13.1 Å². The number of nitrogens with zero attached hydrogens (tertiary/aromatic N) is 1. The van der Waals surface area contributed by atoms with Crippen molar-refractivity contribution in [3.05, 3.63) is 29.6 Å². The molecule has 1 aliphatic heterocycles. The van der Waals surface area contributed by atoms with Gasteiger partial charge in [-0.05, 0) is 37.0 Å². The molecule has 0 aliphatic carbocycles. The van der Waals surface area contributed by atoms with Crippen LogP contribution in [-0.4, -0.2) is 29.4 Å². The maximum Gasteiger partial charge on any atom is 0.146 e. The number of rotatable bonds is 2. The molecule has 1 heterocycles. The minimum absolute atomic E-state index is 0.148. The number of piperidine rings is 1. The van der Waals surface area contributed by atoms with Gasteiger partial charge in [0.2, 0.25) is 0 Å². The van der Waals surface area contributed by atoms with E-state index in [4.69, 9.17) is 0 Å². The summed E-state index contributed by atoms with van der Waals surface area (Å²) >= 11 is 0. The second kappa shape index (κ2) is 5.24. The number of anilines is 1. The normalized spacial score (nSPS) is 26.2. The molecule has 1 saturated heterocycles. The van der Waals surface area contributed by atoms with Gasteiger partial charge in [0.05, 0.1) is 17.9 Å². The first-order valence-corrected chi connectivity index (χ1v) is 6.39. The van der Waals surface area contributed by atoms with E-state index in [-0.39, 0.29) is 17.8 Å². The van der Waals surface area contributed by atoms with Crippen molar-refractivity contribution in [1.29, 1.82) is 0 Å². The summed E-state index contributed by atoms with van der Waals surface area (Å²) in [4.78, 5) is 1.96. The van der Waals surface area contributed by atoms with E-state index in [1.54, 1.807) is 19.1 Å². The number of hydrogen-bond donors (Lipinski definition) is 2. The van der Waals surface area contributed by atoms with Gasteiger partial charge >= 0.3 is 0 Å². The van der Waals surface area contributed by atoms with E-state index in [0.29, 0.717) is 30.8 Å². The summed E-state index contributed by atoms with van der Waals surface area (Å²) in [6.45, 7) is 4.91. The molecule has 0 spiro atoms. The van der Waals surface area contributed by atoms with Gasteiger partial charge in [0.25, 0.3) is 0 Å². The van der Waals surface area contributed by atoms with Crippen molar-refractivity contribution in [2.75, 3.05) is 18.0 Å². The summed E-state index contributed by atoms with van der Waals surface area (Å²) in [7, 11) is 0. The Morgan fingerprint density at radius 2 is 2.17 bits per heavy atom. The summed E-state index contributed by atoms with van der Waals surface area (Å²) in [6.07, 6.45) is -0.282. The van der Waals surface area contributed by atoms with Gasteiger partial charge in [-0.2, -0.15) is 0 Å². The van der Waals surface area contributed by atoms with Crippen LogP contribution in [0.5, 0.6) is 0 Å². The summed E-state index contributed by atoms with van der Waals surface area (Å²) in [6, 6.07) is 4.84. The zero-order valence-corrected chi connectivity index (χ0v) is 10.8. The zero-order chi connectivity index (χ0) is 13.3. The van der Waals surface area contributed by atoms with E-state index in [1.807, 2.05) is 11.8 Å². The Bertz CT molecular complexity index is 422. The minimum atomic E-state index is -0.657. The van der Waals surface area contributed by atoms with Crippen LogP contribution in [-0.2, 0) is 0 Å². The van der Waals surface area contributed by atoms with Crippen molar-refractivity contribution in [2.24, 2.45) is 5.92 Å². The molecule has 1 aliphatic rings. The summed E-state index contributed by atoms with van der Waals surface area (Å²) in [5.74, 6) is -0.161. The fourth-order valence-corrected chi connectivity index (χ4v) is 2.39. The number of halogens is 1. The largest absolute Gasteiger partial charge is 0.393 e. The average Bonchev–Trinajstić information content (AvgIpc) is 2.32.